The molecule has 0 aliphatic rings. The maximum atomic E-state index is 9.74. The Labute approximate surface area is 120 Å². The Hall–Kier alpha value is -1.58. The van der Waals surface area contributed by atoms with Crippen molar-refractivity contribution < 1.29 is 9.84 Å². The van der Waals surface area contributed by atoms with Crippen LogP contribution in [0.25, 0.3) is 10.8 Å². The summed E-state index contributed by atoms with van der Waals surface area (Å²) < 4.78 is 5.24. The fraction of sp³-hybridized carbons (Fsp3) is 0.412. The Kier molecular flexibility index (Phi) is 4.63. The second-order valence-corrected chi connectivity index (χ2v) is 5.34. The molecule has 0 spiro atoms. The van der Waals surface area contributed by atoms with Crippen molar-refractivity contribution in [3.63, 3.8) is 0 Å². The molecule has 2 aromatic carbocycles. The van der Waals surface area contributed by atoms with E-state index in [9.17, 15) is 5.11 Å². The van der Waals surface area contributed by atoms with Gasteiger partial charge in [-0.15, -0.1) is 0 Å². The molecule has 2 aromatic rings. The molecule has 0 heterocycles. The number of benzene rings is 2. The van der Waals surface area contributed by atoms with Crippen LogP contribution in [0.2, 0.25) is 0 Å². The minimum Gasteiger partial charge on any atom is -0.497 e. The lowest BCUT2D eigenvalue weighted by Gasteiger charge is -2.29. The van der Waals surface area contributed by atoms with Gasteiger partial charge in [-0.2, -0.15) is 0 Å². The van der Waals surface area contributed by atoms with Crippen LogP contribution in [0.3, 0.4) is 0 Å². The quantitative estimate of drug-likeness (QED) is 0.850. The number of hydrogen-bond acceptors (Lipinski definition) is 3. The summed E-state index contributed by atoms with van der Waals surface area (Å²) in [7, 11) is 1.67. The van der Waals surface area contributed by atoms with Gasteiger partial charge in [0.15, 0.2) is 0 Å². The van der Waals surface area contributed by atoms with Crippen LogP contribution in [0.4, 0.5) is 0 Å². The fourth-order valence-electron chi connectivity index (χ4n) is 2.34. The first-order valence-electron chi connectivity index (χ1n) is 7.07. The average Bonchev–Trinajstić information content (AvgIpc) is 2.51. The van der Waals surface area contributed by atoms with Gasteiger partial charge in [0, 0.05) is 0 Å². The molecule has 3 heteroatoms. The van der Waals surface area contributed by atoms with E-state index in [1.54, 1.807) is 7.11 Å². The van der Waals surface area contributed by atoms with Crippen LogP contribution in [0, 0.1) is 0 Å². The summed E-state index contributed by atoms with van der Waals surface area (Å²) in [5.74, 6) is 0.860. The van der Waals surface area contributed by atoms with E-state index in [-0.39, 0.29) is 6.61 Å². The number of fused-ring (bicyclic) bond motifs is 1. The van der Waals surface area contributed by atoms with Crippen molar-refractivity contribution in [2.45, 2.75) is 25.8 Å². The summed E-state index contributed by atoms with van der Waals surface area (Å²) >= 11 is 0. The SMILES string of the molecule is CCCNC(C)(CO)c1ccc2cc(OC)ccc2c1. The average molecular weight is 273 g/mol. The number of ether oxygens (including phenoxy) is 1. The molecular formula is C17H23NO2. The molecule has 0 bridgehead atoms. The van der Waals surface area contributed by atoms with Crippen molar-refractivity contribution in [3.05, 3.63) is 42.0 Å². The van der Waals surface area contributed by atoms with Gasteiger partial charge in [-0.05, 0) is 54.4 Å². The molecule has 2 N–H and O–H groups in total. The van der Waals surface area contributed by atoms with Crippen molar-refractivity contribution in [3.8, 4) is 5.75 Å². The number of methoxy groups -OCH3 is 1. The minimum absolute atomic E-state index is 0.0780. The van der Waals surface area contributed by atoms with Gasteiger partial charge in [0.25, 0.3) is 0 Å². The summed E-state index contributed by atoms with van der Waals surface area (Å²) in [6, 6.07) is 12.3. The molecule has 3 nitrogen and oxygen atoms in total. The first-order valence-corrected chi connectivity index (χ1v) is 7.07. The van der Waals surface area contributed by atoms with E-state index in [0.717, 1.165) is 35.1 Å². The van der Waals surface area contributed by atoms with Gasteiger partial charge in [-0.3, -0.25) is 0 Å². The Morgan fingerprint density at radius 2 is 1.85 bits per heavy atom. The highest BCUT2D eigenvalue weighted by Gasteiger charge is 2.24. The lowest BCUT2D eigenvalue weighted by atomic mass is 9.90. The van der Waals surface area contributed by atoms with E-state index in [4.69, 9.17) is 4.74 Å². The monoisotopic (exact) mass is 273 g/mol. The van der Waals surface area contributed by atoms with Crippen LogP contribution in [0.15, 0.2) is 36.4 Å². The maximum absolute atomic E-state index is 9.74. The van der Waals surface area contributed by atoms with E-state index < -0.39 is 5.54 Å². The van der Waals surface area contributed by atoms with E-state index in [0.29, 0.717) is 0 Å². The van der Waals surface area contributed by atoms with E-state index in [1.807, 2.05) is 19.1 Å². The second kappa shape index (κ2) is 6.25. The Morgan fingerprint density at radius 3 is 2.50 bits per heavy atom. The molecule has 0 aromatic heterocycles. The maximum Gasteiger partial charge on any atom is 0.119 e. The fourth-order valence-corrected chi connectivity index (χ4v) is 2.34. The lowest BCUT2D eigenvalue weighted by molar-refractivity contribution is 0.175. The van der Waals surface area contributed by atoms with Gasteiger partial charge in [0.05, 0.1) is 19.3 Å². The molecule has 0 aliphatic heterocycles. The van der Waals surface area contributed by atoms with Gasteiger partial charge >= 0.3 is 0 Å². The first-order chi connectivity index (χ1) is 9.62. The van der Waals surface area contributed by atoms with Crippen molar-refractivity contribution in [1.82, 2.24) is 5.32 Å². The van der Waals surface area contributed by atoms with Crippen molar-refractivity contribution in [2.75, 3.05) is 20.3 Å². The molecule has 0 saturated heterocycles. The Morgan fingerprint density at radius 1 is 1.15 bits per heavy atom. The molecule has 1 unspecified atom stereocenters. The van der Waals surface area contributed by atoms with Gasteiger partial charge < -0.3 is 15.2 Å². The first kappa shape index (κ1) is 14.8. The standard InChI is InChI=1S/C17H23NO2/c1-4-9-18-17(2,12-19)15-7-5-14-11-16(20-3)8-6-13(14)10-15/h5-8,10-11,18-19H,4,9,12H2,1-3H3. The lowest BCUT2D eigenvalue weighted by Crippen LogP contribution is -2.43. The molecule has 0 radical (unpaired) electrons. The third-order valence-corrected chi connectivity index (χ3v) is 3.77. The number of rotatable bonds is 6. The Balaban J connectivity index is 2.39. The summed E-state index contributed by atoms with van der Waals surface area (Å²) in [6.45, 7) is 5.12. The topological polar surface area (TPSA) is 41.5 Å². The van der Waals surface area contributed by atoms with E-state index >= 15 is 0 Å². The van der Waals surface area contributed by atoms with Gasteiger partial charge in [-0.25, -0.2) is 0 Å². The highest BCUT2D eigenvalue weighted by Crippen LogP contribution is 2.27. The zero-order valence-electron chi connectivity index (χ0n) is 12.4. The van der Waals surface area contributed by atoms with Crippen molar-refractivity contribution in [2.24, 2.45) is 0 Å². The van der Waals surface area contributed by atoms with Gasteiger partial charge in [0.2, 0.25) is 0 Å². The molecule has 0 fully saturated rings. The zero-order chi connectivity index (χ0) is 14.6. The number of nitrogens with one attached hydrogen (secondary N) is 1. The minimum atomic E-state index is -0.399. The molecule has 0 amide bonds. The number of aliphatic hydroxyl groups is 1. The summed E-state index contributed by atoms with van der Waals surface area (Å²) in [5, 5.41) is 15.5. The summed E-state index contributed by atoms with van der Waals surface area (Å²) in [4.78, 5) is 0. The highest BCUT2D eigenvalue weighted by atomic mass is 16.5. The van der Waals surface area contributed by atoms with Crippen LogP contribution < -0.4 is 10.1 Å². The van der Waals surface area contributed by atoms with Gasteiger partial charge in [-0.1, -0.05) is 25.1 Å². The van der Waals surface area contributed by atoms with Crippen LogP contribution >= 0.6 is 0 Å². The van der Waals surface area contributed by atoms with Crippen LogP contribution in [-0.2, 0) is 5.54 Å². The predicted octanol–water partition coefficient (Wildman–Crippen LogP) is 3.06. The third kappa shape index (κ3) is 2.94. The third-order valence-electron chi connectivity index (χ3n) is 3.77. The number of hydrogen-bond donors (Lipinski definition) is 2. The molecule has 20 heavy (non-hydrogen) atoms. The van der Waals surface area contributed by atoms with Crippen molar-refractivity contribution >= 4 is 10.8 Å². The molecular weight excluding hydrogens is 250 g/mol. The highest BCUT2D eigenvalue weighted by molar-refractivity contribution is 5.84. The summed E-state index contributed by atoms with van der Waals surface area (Å²) in [5.41, 5.74) is 0.704. The summed E-state index contributed by atoms with van der Waals surface area (Å²) in [6.07, 6.45) is 1.04. The van der Waals surface area contributed by atoms with E-state index in [1.165, 1.54) is 0 Å². The van der Waals surface area contributed by atoms with Crippen LogP contribution in [0.1, 0.15) is 25.8 Å². The normalized spacial score (nSPS) is 14.2. The van der Waals surface area contributed by atoms with Crippen molar-refractivity contribution in [1.29, 1.82) is 0 Å². The van der Waals surface area contributed by atoms with Gasteiger partial charge in [0.1, 0.15) is 5.75 Å². The molecule has 1 atom stereocenters. The second-order valence-electron chi connectivity index (χ2n) is 5.34. The molecule has 0 saturated carbocycles. The zero-order valence-corrected chi connectivity index (χ0v) is 12.4. The van der Waals surface area contributed by atoms with E-state index in [2.05, 4.69) is 36.5 Å². The Bertz CT molecular complexity index is 582. The predicted molar refractivity (Wildman–Crippen MR) is 83.2 cm³/mol. The van der Waals surface area contributed by atoms with Crippen LogP contribution in [-0.4, -0.2) is 25.4 Å². The number of aliphatic hydroxyl groups excluding tert-OH is 1. The molecule has 2 rings (SSSR count). The van der Waals surface area contributed by atoms with Crippen LogP contribution in [0.5, 0.6) is 5.75 Å². The smallest absolute Gasteiger partial charge is 0.119 e. The largest absolute Gasteiger partial charge is 0.497 e. The molecule has 0 aliphatic carbocycles. The molecule has 108 valence electrons.